The highest BCUT2D eigenvalue weighted by Crippen LogP contribution is 2.55. The Hall–Kier alpha value is -2.44. The lowest BCUT2D eigenvalue weighted by Gasteiger charge is -2.27. The molecule has 0 N–H and O–H groups in total. The molecule has 124 valence electrons. The lowest BCUT2D eigenvalue weighted by atomic mass is 10.4. The van der Waals surface area contributed by atoms with Gasteiger partial charge in [-0.15, -0.1) is 0 Å². The molecular formula is C22H21NOP+. The van der Waals surface area contributed by atoms with Crippen LogP contribution in [0.25, 0.3) is 0 Å². The van der Waals surface area contributed by atoms with Gasteiger partial charge in [-0.3, -0.25) is 0 Å². The average molecular weight is 346 g/mol. The van der Waals surface area contributed by atoms with Crippen molar-refractivity contribution >= 4 is 29.1 Å². The van der Waals surface area contributed by atoms with Crippen molar-refractivity contribution in [1.82, 2.24) is 0 Å². The van der Waals surface area contributed by atoms with Gasteiger partial charge in [0.05, 0.1) is 6.54 Å². The molecule has 1 aliphatic rings. The maximum absolute atomic E-state index is 5.85. The van der Waals surface area contributed by atoms with Crippen molar-refractivity contribution in [2.75, 3.05) is 19.3 Å². The fraction of sp³-hybridized carbons (Fsp3) is 0.136. The summed E-state index contributed by atoms with van der Waals surface area (Å²) in [4.78, 5) is 4.62. The minimum atomic E-state index is -1.86. The fourth-order valence-corrected chi connectivity index (χ4v) is 7.53. The van der Waals surface area contributed by atoms with Gasteiger partial charge in [-0.1, -0.05) is 54.6 Å². The SMILES string of the molecule is c1ccc([P+](CC2=NCCO2)(c2ccccc2)c2ccccc2)cc1. The van der Waals surface area contributed by atoms with E-state index in [9.17, 15) is 0 Å². The highest BCUT2D eigenvalue weighted by Gasteiger charge is 2.47. The van der Waals surface area contributed by atoms with E-state index in [4.69, 9.17) is 4.74 Å². The van der Waals surface area contributed by atoms with Crippen LogP contribution in [0.2, 0.25) is 0 Å². The number of aliphatic imine (C=N–C) groups is 1. The van der Waals surface area contributed by atoms with Crippen LogP contribution in [0.1, 0.15) is 0 Å². The van der Waals surface area contributed by atoms with Gasteiger partial charge >= 0.3 is 0 Å². The zero-order valence-electron chi connectivity index (χ0n) is 14.1. The van der Waals surface area contributed by atoms with Gasteiger partial charge in [-0.25, -0.2) is 4.99 Å². The third-order valence-corrected chi connectivity index (χ3v) is 8.90. The molecule has 0 atom stereocenters. The number of ether oxygens (including phenoxy) is 1. The van der Waals surface area contributed by atoms with E-state index in [1.165, 1.54) is 15.9 Å². The Morgan fingerprint density at radius 2 is 1.12 bits per heavy atom. The van der Waals surface area contributed by atoms with Crippen molar-refractivity contribution in [1.29, 1.82) is 0 Å². The Morgan fingerprint density at radius 3 is 1.48 bits per heavy atom. The quantitative estimate of drug-likeness (QED) is 0.649. The van der Waals surface area contributed by atoms with Crippen molar-refractivity contribution in [2.24, 2.45) is 4.99 Å². The van der Waals surface area contributed by atoms with E-state index in [-0.39, 0.29) is 0 Å². The second kappa shape index (κ2) is 7.21. The van der Waals surface area contributed by atoms with Crippen LogP contribution in [0.5, 0.6) is 0 Å². The molecule has 1 heterocycles. The first-order valence-electron chi connectivity index (χ1n) is 8.61. The molecule has 3 aromatic rings. The van der Waals surface area contributed by atoms with Crippen LogP contribution < -0.4 is 15.9 Å². The minimum absolute atomic E-state index is 0.702. The summed E-state index contributed by atoms with van der Waals surface area (Å²) in [6, 6.07) is 32.6. The first-order valence-corrected chi connectivity index (χ1v) is 10.6. The maximum Gasteiger partial charge on any atom is 0.223 e. The monoisotopic (exact) mass is 346 g/mol. The van der Waals surface area contributed by atoms with Crippen LogP contribution in [0.4, 0.5) is 0 Å². The molecule has 0 radical (unpaired) electrons. The lowest BCUT2D eigenvalue weighted by Crippen LogP contribution is -2.35. The van der Waals surface area contributed by atoms with Crippen LogP contribution in [0, 0.1) is 0 Å². The summed E-state index contributed by atoms with van der Waals surface area (Å²) in [6.07, 6.45) is 0.838. The smallest absolute Gasteiger partial charge is 0.223 e. The normalized spacial score (nSPS) is 14.0. The Bertz CT molecular complexity index is 750. The molecule has 2 nitrogen and oxygen atoms in total. The van der Waals surface area contributed by atoms with E-state index in [0.717, 1.165) is 18.6 Å². The fourth-order valence-electron chi connectivity index (χ4n) is 3.45. The molecule has 0 fully saturated rings. The molecule has 3 aromatic carbocycles. The number of rotatable bonds is 5. The number of nitrogens with zero attached hydrogens (tertiary/aromatic N) is 1. The van der Waals surface area contributed by atoms with Gasteiger partial charge in [0.1, 0.15) is 35.9 Å². The van der Waals surface area contributed by atoms with Crippen LogP contribution in [-0.2, 0) is 4.74 Å². The predicted molar refractivity (Wildman–Crippen MR) is 108 cm³/mol. The summed E-state index contributed by atoms with van der Waals surface area (Å²) < 4.78 is 5.85. The number of hydrogen-bond acceptors (Lipinski definition) is 2. The van der Waals surface area contributed by atoms with Crippen LogP contribution in [0.15, 0.2) is 96.0 Å². The Morgan fingerprint density at radius 1 is 0.680 bits per heavy atom. The molecule has 1 aliphatic heterocycles. The van der Waals surface area contributed by atoms with Crippen molar-refractivity contribution in [3.63, 3.8) is 0 Å². The third kappa shape index (κ3) is 3.10. The van der Waals surface area contributed by atoms with Gasteiger partial charge in [0, 0.05) is 0 Å². The van der Waals surface area contributed by atoms with Gasteiger partial charge in [0.15, 0.2) is 0 Å². The summed E-state index contributed by atoms with van der Waals surface area (Å²) in [5, 5.41) is 4.10. The van der Waals surface area contributed by atoms with Gasteiger partial charge in [-0.05, 0) is 36.4 Å². The van der Waals surface area contributed by atoms with Gasteiger partial charge in [0.2, 0.25) is 5.90 Å². The largest absolute Gasteiger partial charge is 0.476 e. The first-order chi connectivity index (χ1) is 12.4. The molecule has 0 aromatic heterocycles. The topological polar surface area (TPSA) is 21.6 Å². The zero-order valence-corrected chi connectivity index (χ0v) is 15.0. The molecule has 0 unspecified atom stereocenters. The highest BCUT2D eigenvalue weighted by molar-refractivity contribution is 7.96. The molecule has 3 heteroatoms. The van der Waals surface area contributed by atoms with Crippen molar-refractivity contribution in [2.45, 2.75) is 0 Å². The molecular weight excluding hydrogens is 325 g/mol. The number of benzene rings is 3. The van der Waals surface area contributed by atoms with E-state index in [0.29, 0.717) is 6.61 Å². The lowest BCUT2D eigenvalue weighted by molar-refractivity contribution is 0.345. The second-order valence-corrected chi connectivity index (χ2v) is 9.58. The first kappa shape index (κ1) is 16.1. The minimum Gasteiger partial charge on any atom is -0.476 e. The summed E-state index contributed by atoms with van der Waals surface area (Å²) >= 11 is 0. The Balaban J connectivity index is 1.97. The number of hydrogen-bond donors (Lipinski definition) is 0. The molecule has 0 bridgehead atoms. The van der Waals surface area contributed by atoms with Crippen LogP contribution in [0.3, 0.4) is 0 Å². The molecule has 0 aliphatic carbocycles. The summed E-state index contributed by atoms with van der Waals surface area (Å²) in [6.45, 7) is 1.47. The van der Waals surface area contributed by atoms with Gasteiger partial charge in [0.25, 0.3) is 0 Å². The van der Waals surface area contributed by atoms with Crippen LogP contribution >= 0.6 is 7.26 Å². The van der Waals surface area contributed by atoms with E-state index >= 15 is 0 Å². The molecule has 0 saturated carbocycles. The standard InChI is InChI=1S/C22H21NOP/c1-4-10-19(11-5-1)25(18-22-23-16-17-24-22,20-12-6-2-7-13-20)21-14-8-3-9-15-21/h1-15H,16-18H2/q+1. The van der Waals surface area contributed by atoms with Crippen LogP contribution in [-0.4, -0.2) is 25.2 Å². The van der Waals surface area contributed by atoms with Gasteiger partial charge < -0.3 is 4.74 Å². The zero-order chi connectivity index (χ0) is 17.0. The molecule has 0 saturated heterocycles. The van der Waals surface area contributed by atoms with Crippen molar-refractivity contribution in [3.05, 3.63) is 91.0 Å². The van der Waals surface area contributed by atoms with E-state index in [1.807, 2.05) is 0 Å². The second-order valence-electron chi connectivity index (χ2n) is 6.10. The van der Waals surface area contributed by atoms with E-state index in [2.05, 4.69) is 96.0 Å². The molecule has 25 heavy (non-hydrogen) atoms. The summed E-state index contributed by atoms with van der Waals surface area (Å²) in [5.41, 5.74) is 0. The summed E-state index contributed by atoms with van der Waals surface area (Å²) in [7, 11) is -1.86. The average Bonchev–Trinajstić information content (AvgIpc) is 3.21. The van der Waals surface area contributed by atoms with Crippen molar-refractivity contribution in [3.8, 4) is 0 Å². The maximum atomic E-state index is 5.85. The van der Waals surface area contributed by atoms with Gasteiger partial charge in [-0.2, -0.15) is 0 Å². The molecule has 0 amide bonds. The Kier molecular flexibility index (Phi) is 4.63. The molecule has 0 spiro atoms. The highest BCUT2D eigenvalue weighted by atomic mass is 31.2. The summed E-state index contributed by atoms with van der Waals surface area (Å²) in [5.74, 6) is 0.893. The Labute approximate surface area is 149 Å². The third-order valence-electron chi connectivity index (χ3n) is 4.61. The predicted octanol–water partition coefficient (Wildman–Crippen LogP) is 3.41. The molecule has 4 rings (SSSR count). The van der Waals surface area contributed by atoms with E-state index < -0.39 is 7.26 Å². The van der Waals surface area contributed by atoms with E-state index in [1.54, 1.807) is 0 Å². The van der Waals surface area contributed by atoms with Crippen molar-refractivity contribution < 1.29 is 4.74 Å².